The minimum atomic E-state index is -3.80. The van der Waals surface area contributed by atoms with Crippen LogP contribution in [-0.2, 0) is 24.3 Å². The molecule has 2 N–H and O–H groups in total. The van der Waals surface area contributed by atoms with Gasteiger partial charge in [-0.25, -0.2) is 8.42 Å². The minimum Gasteiger partial charge on any atom is -0.360 e. The highest BCUT2D eigenvalue weighted by Crippen LogP contribution is 2.25. The van der Waals surface area contributed by atoms with Gasteiger partial charge in [0.25, 0.3) is 0 Å². The van der Waals surface area contributed by atoms with Crippen LogP contribution >= 0.6 is 0 Å². The number of amides is 2. The van der Waals surface area contributed by atoms with Crippen LogP contribution in [0.5, 0.6) is 0 Å². The molecule has 1 unspecified atom stereocenters. The zero-order valence-corrected chi connectivity index (χ0v) is 17.6. The quantitative estimate of drug-likeness (QED) is 0.678. The number of carbonyl (C=O) groups is 2. The van der Waals surface area contributed by atoms with Gasteiger partial charge in [0.15, 0.2) is 0 Å². The van der Waals surface area contributed by atoms with Crippen molar-refractivity contribution in [3.05, 3.63) is 29.3 Å². The highest BCUT2D eigenvalue weighted by Gasteiger charge is 2.35. The van der Waals surface area contributed by atoms with Gasteiger partial charge in [-0.05, 0) is 43.4 Å². The molecule has 0 aliphatic carbocycles. The Morgan fingerprint density at radius 2 is 1.89 bits per heavy atom. The molecular formula is C19H29N3O5S. The van der Waals surface area contributed by atoms with Crippen molar-refractivity contribution in [2.75, 3.05) is 26.2 Å². The van der Waals surface area contributed by atoms with E-state index in [9.17, 15) is 18.0 Å². The Balaban J connectivity index is 2.10. The first-order valence-electron chi connectivity index (χ1n) is 9.39. The number of ether oxygens (including phenoxy) is 1. The van der Waals surface area contributed by atoms with Gasteiger partial charge in [0.1, 0.15) is 6.23 Å². The molecule has 1 aliphatic heterocycles. The SMILES string of the molecule is Cc1ccc(C)c(S(=O)(=O)N2CCCOC2CNC(=O)C(=O)NCC(C)C)c1. The largest absolute Gasteiger partial charge is 0.360 e. The van der Waals surface area contributed by atoms with Crippen LogP contribution < -0.4 is 10.6 Å². The summed E-state index contributed by atoms with van der Waals surface area (Å²) in [7, 11) is -3.80. The number of hydrogen-bond donors (Lipinski definition) is 2. The Morgan fingerprint density at radius 3 is 2.57 bits per heavy atom. The van der Waals surface area contributed by atoms with Crippen LogP contribution in [0.2, 0.25) is 0 Å². The van der Waals surface area contributed by atoms with E-state index in [-0.39, 0.29) is 23.9 Å². The molecule has 1 fully saturated rings. The number of nitrogens with one attached hydrogen (secondary N) is 2. The topological polar surface area (TPSA) is 105 Å². The van der Waals surface area contributed by atoms with Gasteiger partial charge in [0, 0.05) is 13.1 Å². The Bertz CT molecular complexity index is 823. The second kappa shape index (κ2) is 9.49. The fourth-order valence-electron chi connectivity index (χ4n) is 2.85. The molecule has 9 heteroatoms. The maximum Gasteiger partial charge on any atom is 0.309 e. The number of carbonyl (C=O) groups excluding carboxylic acids is 2. The summed E-state index contributed by atoms with van der Waals surface area (Å²) in [4.78, 5) is 24.0. The number of hydrogen-bond acceptors (Lipinski definition) is 5. The summed E-state index contributed by atoms with van der Waals surface area (Å²) in [6, 6.07) is 5.26. The van der Waals surface area contributed by atoms with Gasteiger partial charge in [-0.3, -0.25) is 9.59 Å². The van der Waals surface area contributed by atoms with Crippen LogP contribution in [0.15, 0.2) is 23.1 Å². The molecule has 1 atom stereocenters. The second-order valence-corrected chi connectivity index (χ2v) is 9.24. The summed E-state index contributed by atoms with van der Waals surface area (Å²) in [6.07, 6.45) is -0.302. The summed E-state index contributed by atoms with van der Waals surface area (Å²) in [5.41, 5.74) is 1.49. The molecule has 0 aromatic heterocycles. The van der Waals surface area contributed by atoms with E-state index in [1.165, 1.54) is 4.31 Å². The van der Waals surface area contributed by atoms with Crippen molar-refractivity contribution in [2.45, 2.75) is 45.2 Å². The van der Waals surface area contributed by atoms with E-state index in [4.69, 9.17) is 4.74 Å². The molecule has 8 nitrogen and oxygen atoms in total. The first kappa shape index (κ1) is 22.3. The molecule has 2 rings (SSSR count). The van der Waals surface area contributed by atoms with Gasteiger partial charge in [-0.2, -0.15) is 4.31 Å². The van der Waals surface area contributed by atoms with Crippen molar-refractivity contribution in [3.8, 4) is 0 Å². The minimum absolute atomic E-state index is 0.0992. The van der Waals surface area contributed by atoms with Crippen LogP contribution in [0, 0.1) is 19.8 Å². The lowest BCUT2D eigenvalue weighted by molar-refractivity contribution is -0.140. The number of rotatable bonds is 6. The van der Waals surface area contributed by atoms with Crippen molar-refractivity contribution < 1.29 is 22.7 Å². The van der Waals surface area contributed by atoms with Gasteiger partial charge in [0.2, 0.25) is 10.0 Å². The molecule has 0 radical (unpaired) electrons. The van der Waals surface area contributed by atoms with E-state index in [2.05, 4.69) is 10.6 Å². The molecule has 0 saturated carbocycles. The zero-order chi connectivity index (χ0) is 20.9. The third kappa shape index (κ3) is 5.52. The average molecular weight is 412 g/mol. The van der Waals surface area contributed by atoms with Crippen molar-refractivity contribution in [3.63, 3.8) is 0 Å². The van der Waals surface area contributed by atoms with E-state index < -0.39 is 28.1 Å². The highest BCUT2D eigenvalue weighted by atomic mass is 32.2. The van der Waals surface area contributed by atoms with E-state index in [0.717, 1.165) is 5.56 Å². The fraction of sp³-hybridized carbons (Fsp3) is 0.579. The number of aryl methyl sites for hydroxylation is 2. The Hall–Kier alpha value is -1.97. The molecule has 0 bridgehead atoms. The van der Waals surface area contributed by atoms with Gasteiger partial charge < -0.3 is 15.4 Å². The lowest BCUT2D eigenvalue weighted by Gasteiger charge is -2.35. The summed E-state index contributed by atoms with van der Waals surface area (Å²) < 4.78 is 33.2. The molecule has 28 heavy (non-hydrogen) atoms. The van der Waals surface area contributed by atoms with Crippen molar-refractivity contribution >= 4 is 21.8 Å². The number of nitrogens with zero attached hydrogens (tertiary/aromatic N) is 1. The summed E-state index contributed by atoms with van der Waals surface area (Å²) in [6.45, 7) is 8.38. The van der Waals surface area contributed by atoms with Gasteiger partial charge >= 0.3 is 11.8 Å². The molecule has 2 amide bonds. The predicted octanol–water partition coefficient (Wildman–Crippen LogP) is 0.929. The lowest BCUT2D eigenvalue weighted by atomic mass is 10.2. The normalized spacial score (nSPS) is 18.1. The molecular weight excluding hydrogens is 382 g/mol. The van der Waals surface area contributed by atoms with E-state index in [1.54, 1.807) is 19.1 Å². The Morgan fingerprint density at radius 1 is 1.21 bits per heavy atom. The highest BCUT2D eigenvalue weighted by molar-refractivity contribution is 7.89. The van der Waals surface area contributed by atoms with Gasteiger partial charge in [-0.15, -0.1) is 0 Å². The third-order valence-electron chi connectivity index (χ3n) is 4.40. The molecule has 0 spiro atoms. The molecule has 156 valence electrons. The molecule has 1 aromatic rings. The summed E-state index contributed by atoms with van der Waals surface area (Å²) >= 11 is 0. The van der Waals surface area contributed by atoms with E-state index in [0.29, 0.717) is 25.1 Å². The third-order valence-corrected chi connectivity index (χ3v) is 6.43. The van der Waals surface area contributed by atoms with Gasteiger partial charge in [0.05, 0.1) is 18.0 Å². The maximum absolute atomic E-state index is 13.2. The molecule has 1 aliphatic rings. The predicted molar refractivity (Wildman–Crippen MR) is 105 cm³/mol. The number of sulfonamides is 1. The van der Waals surface area contributed by atoms with Crippen LogP contribution in [0.1, 0.15) is 31.4 Å². The maximum atomic E-state index is 13.2. The zero-order valence-electron chi connectivity index (χ0n) is 16.8. The van der Waals surface area contributed by atoms with E-state index >= 15 is 0 Å². The van der Waals surface area contributed by atoms with E-state index in [1.807, 2.05) is 26.8 Å². The van der Waals surface area contributed by atoms with Crippen LogP contribution in [0.25, 0.3) is 0 Å². The smallest absolute Gasteiger partial charge is 0.309 e. The average Bonchev–Trinajstić information content (AvgIpc) is 2.66. The van der Waals surface area contributed by atoms with Crippen molar-refractivity contribution in [2.24, 2.45) is 5.92 Å². The fourth-order valence-corrected chi connectivity index (χ4v) is 4.73. The first-order valence-corrected chi connectivity index (χ1v) is 10.8. The molecule has 1 heterocycles. The van der Waals surface area contributed by atoms with Gasteiger partial charge in [-0.1, -0.05) is 26.0 Å². The van der Waals surface area contributed by atoms with Crippen LogP contribution in [0.4, 0.5) is 0 Å². The lowest BCUT2D eigenvalue weighted by Crippen LogP contribution is -2.53. The molecule has 1 saturated heterocycles. The van der Waals surface area contributed by atoms with Crippen LogP contribution in [-0.4, -0.2) is 57.0 Å². The monoisotopic (exact) mass is 411 g/mol. The molecule has 1 aromatic carbocycles. The second-order valence-electron chi connectivity index (χ2n) is 7.38. The first-order chi connectivity index (χ1) is 13.1. The summed E-state index contributed by atoms with van der Waals surface area (Å²) in [5, 5.41) is 5.00. The number of benzene rings is 1. The summed E-state index contributed by atoms with van der Waals surface area (Å²) in [5.74, 6) is -1.33. The standard InChI is InChI=1S/C19H29N3O5S/c1-13(2)11-20-18(23)19(24)21-12-17-22(8-5-9-27-17)28(25,26)16-10-14(3)6-7-15(16)4/h6-7,10,13,17H,5,8-9,11-12H2,1-4H3,(H,20,23)(H,21,24). The Labute approximate surface area is 166 Å². The van der Waals surface area contributed by atoms with Crippen molar-refractivity contribution in [1.29, 1.82) is 0 Å². The van der Waals surface area contributed by atoms with Crippen molar-refractivity contribution in [1.82, 2.24) is 14.9 Å². The van der Waals surface area contributed by atoms with Crippen LogP contribution in [0.3, 0.4) is 0 Å². The Kier molecular flexibility index (Phi) is 7.56.